The van der Waals surface area contributed by atoms with Gasteiger partial charge in [-0.2, -0.15) is 0 Å². The molecule has 0 aliphatic rings. The molecule has 0 N–H and O–H groups in total. The Balaban J connectivity index is 1.53. The van der Waals surface area contributed by atoms with Gasteiger partial charge in [-0.1, -0.05) is 357 Å². The molecule has 0 saturated carbocycles. The maximum atomic E-state index is 18.0. The number of hydrogen-bond donors (Lipinski definition) is 0. The molecule has 416 valence electrons. The molecule has 0 bridgehead atoms. The first-order valence-corrected chi connectivity index (χ1v) is 32.4. The van der Waals surface area contributed by atoms with Crippen molar-refractivity contribution in [3.63, 3.8) is 0 Å². The fourth-order valence-electron chi connectivity index (χ4n) is 11.7. The van der Waals surface area contributed by atoms with Gasteiger partial charge in [-0.25, -0.2) is 4.57 Å². The summed E-state index contributed by atoms with van der Waals surface area (Å²) < 4.78 is 41.9. The van der Waals surface area contributed by atoms with Crippen molar-refractivity contribution in [3.05, 3.63) is 215 Å². The largest absolute Gasteiger partial charge is 0.478 e. The molecule has 0 aliphatic heterocycles. The standard InChI is InChI=1S/C72H99O4P/c1-4-7-10-13-16-19-22-25-46-61-70(64-49-34-28-35-50-64,65-51-36-29-37-52-65)74-77(73,75-71(66-53-38-30-39-54-66,67-55-40-31-41-56-67)62-47-26-23-20-17-14-11-8-5-2)76-72(68-57-42-32-43-58-68,69-59-44-33-45-60-69)63-48-27-24-21-18-15-12-9-6-3/h28-45,49-60H,4-27,46-48,61-63H2,1-3H3. The van der Waals surface area contributed by atoms with Gasteiger partial charge in [0.1, 0.15) is 16.8 Å². The van der Waals surface area contributed by atoms with Crippen molar-refractivity contribution < 1.29 is 18.1 Å². The number of hydrogen-bond acceptors (Lipinski definition) is 4. The molecule has 6 rings (SSSR count). The maximum absolute atomic E-state index is 18.0. The van der Waals surface area contributed by atoms with Crippen molar-refractivity contribution in [3.8, 4) is 0 Å². The molecule has 0 radical (unpaired) electrons. The van der Waals surface area contributed by atoms with Crippen molar-refractivity contribution in [1.82, 2.24) is 0 Å². The highest BCUT2D eigenvalue weighted by atomic mass is 31.2. The van der Waals surface area contributed by atoms with Crippen LogP contribution in [0.15, 0.2) is 182 Å². The zero-order chi connectivity index (χ0) is 54.0. The van der Waals surface area contributed by atoms with E-state index in [0.29, 0.717) is 19.3 Å². The summed E-state index contributed by atoms with van der Waals surface area (Å²) in [5.74, 6) is 0. The number of unbranched alkanes of at least 4 members (excludes halogenated alkanes) is 24. The lowest BCUT2D eigenvalue weighted by Crippen LogP contribution is -2.38. The molecule has 0 spiro atoms. The van der Waals surface area contributed by atoms with Crippen molar-refractivity contribution in [2.75, 3.05) is 0 Å². The van der Waals surface area contributed by atoms with Crippen LogP contribution in [-0.4, -0.2) is 0 Å². The van der Waals surface area contributed by atoms with E-state index < -0.39 is 24.6 Å². The Morgan fingerprint density at radius 1 is 0.247 bits per heavy atom. The molecule has 0 aromatic heterocycles. The average molecular weight is 1060 g/mol. The van der Waals surface area contributed by atoms with Crippen LogP contribution in [0, 0.1) is 0 Å². The zero-order valence-corrected chi connectivity index (χ0v) is 49.0. The van der Waals surface area contributed by atoms with Crippen LogP contribution >= 0.6 is 7.82 Å². The smallest absolute Gasteiger partial charge is 0.270 e. The Bertz CT molecular complexity index is 2040. The molecule has 0 unspecified atom stereocenters. The summed E-state index contributed by atoms with van der Waals surface area (Å²) in [4.78, 5) is 0. The van der Waals surface area contributed by atoms with Crippen LogP contribution in [0.5, 0.6) is 0 Å². The monoisotopic (exact) mass is 1060 g/mol. The van der Waals surface area contributed by atoms with Gasteiger partial charge in [0.2, 0.25) is 0 Å². The molecular weight excluding hydrogens is 960 g/mol. The summed E-state index contributed by atoms with van der Waals surface area (Å²) in [6.07, 6.45) is 33.9. The lowest BCUT2D eigenvalue weighted by Gasteiger charge is -2.45. The second kappa shape index (κ2) is 35.1. The van der Waals surface area contributed by atoms with Gasteiger partial charge >= 0.3 is 7.82 Å². The van der Waals surface area contributed by atoms with Crippen LogP contribution in [0.4, 0.5) is 0 Å². The Morgan fingerprint density at radius 3 is 0.571 bits per heavy atom. The summed E-state index contributed by atoms with van der Waals surface area (Å²) in [6.45, 7) is 6.85. The molecule has 0 fully saturated rings. The first kappa shape index (κ1) is 61.6. The molecule has 0 atom stereocenters. The fourth-order valence-corrected chi connectivity index (χ4v) is 13.9. The first-order chi connectivity index (χ1) is 37.9. The quantitative estimate of drug-likeness (QED) is 0.0283. The molecule has 4 nitrogen and oxygen atoms in total. The van der Waals surface area contributed by atoms with E-state index in [1.807, 2.05) is 0 Å². The summed E-state index contributed by atoms with van der Waals surface area (Å²) in [7, 11) is -4.81. The Morgan fingerprint density at radius 2 is 0.403 bits per heavy atom. The summed E-state index contributed by atoms with van der Waals surface area (Å²) in [6, 6.07) is 63.2. The summed E-state index contributed by atoms with van der Waals surface area (Å²) in [5.41, 5.74) is 2.01. The highest BCUT2D eigenvalue weighted by Gasteiger charge is 2.54. The zero-order valence-electron chi connectivity index (χ0n) is 48.1. The van der Waals surface area contributed by atoms with E-state index in [2.05, 4.69) is 203 Å². The van der Waals surface area contributed by atoms with E-state index in [9.17, 15) is 0 Å². The van der Waals surface area contributed by atoms with Crippen molar-refractivity contribution in [2.24, 2.45) is 0 Å². The van der Waals surface area contributed by atoms with Crippen LogP contribution in [-0.2, 0) is 34.9 Å². The summed E-state index contributed by atoms with van der Waals surface area (Å²) in [5, 5.41) is 0. The van der Waals surface area contributed by atoms with E-state index in [0.717, 1.165) is 91.2 Å². The molecule has 0 amide bonds. The predicted molar refractivity (Wildman–Crippen MR) is 327 cm³/mol. The van der Waals surface area contributed by atoms with Crippen LogP contribution in [0.1, 0.15) is 247 Å². The minimum Gasteiger partial charge on any atom is -0.270 e. The number of phosphoric ester groups is 1. The van der Waals surface area contributed by atoms with Crippen LogP contribution in [0.3, 0.4) is 0 Å². The number of rotatable bonds is 42. The van der Waals surface area contributed by atoms with Gasteiger partial charge in [0.25, 0.3) is 0 Å². The molecule has 6 aromatic rings. The first-order valence-electron chi connectivity index (χ1n) is 31.0. The Kier molecular flexibility index (Phi) is 28.1. The second-order valence-electron chi connectivity index (χ2n) is 22.1. The highest BCUT2D eigenvalue weighted by molar-refractivity contribution is 7.48. The minimum atomic E-state index is -4.81. The minimum absolute atomic E-state index is 0.595. The van der Waals surface area contributed by atoms with Gasteiger partial charge in [-0.3, -0.25) is 13.6 Å². The summed E-state index contributed by atoms with van der Waals surface area (Å²) >= 11 is 0. The molecular formula is C72H99O4P. The molecule has 77 heavy (non-hydrogen) atoms. The average Bonchev–Trinajstić information content (AvgIpc) is 3.50. The fraction of sp³-hybridized carbons (Fsp3) is 0.500. The molecule has 6 aromatic carbocycles. The van der Waals surface area contributed by atoms with E-state index in [4.69, 9.17) is 13.6 Å². The molecule has 0 aliphatic carbocycles. The SMILES string of the molecule is CCCCCCCCCCCC(OP(=O)(OC(CCCCCCCCCCC)(c1ccccc1)c1ccccc1)OC(CCCCCCCCCCC)(c1ccccc1)c1ccccc1)(c1ccccc1)c1ccccc1. The van der Waals surface area contributed by atoms with Gasteiger partial charge in [0.15, 0.2) is 0 Å². The third kappa shape index (κ3) is 19.3. The normalized spacial score (nSPS) is 12.3. The third-order valence-corrected chi connectivity index (χ3v) is 17.7. The molecule has 0 saturated heterocycles. The topological polar surface area (TPSA) is 44.8 Å². The van der Waals surface area contributed by atoms with E-state index in [1.165, 1.54) is 116 Å². The number of phosphoric acid groups is 1. The van der Waals surface area contributed by atoms with E-state index >= 15 is 4.57 Å². The van der Waals surface area contributed by atoms with Crippen molar-refractivity contribution in [2.45, 2.75) is 230 Å². The third-order valence-electron chi connectivity index (χ3n) is 16.1. The van der Waals surface area contributed by atoms with Crippen LogP contribution in [0.25, 0.3) is 0 Å². The number of benzene rings is 6. The second-order valence-corrected chi connectivity index (χ2v) is 23.6. The van der Waals surface area contributed by atoms with Gasteiger partial charge in [-0.05, 0) is 71.9 Å². The van der Waals surface area contributed by atoms with E-state index in [-0.39, 0.29) is 0 Å². The van der Waals surface area contributed by atoms with Crippen LogP contribution < -0.4 is 0 Å². The highest BCUT2D eigenvalue weighted by Crippen LogP contribution is 2.67. The van der Waals surface area contributed by atoms with Gasteiger partial charge in [0, 0.05) is 0 Å². The van der Waals surface area contributed by atoms with Gasteiger partial charge in [-0.15, -0.1) is 0 Å². The lowest BCUT2D eigenvalue weighted by atomic mass is 9.82. The van der Waals surface area contributed by atoms with Crippen LogP contribution in [0.2, 0.25) is 0 Å². The van der Waals surface area contributed by atoms with Crippen molar-refractivity contribution >= 4 is 7.82 Å². The van der Waals surface area contributed by atoms with E-state index in [1.54, 1.807) is 0 Å². The Hall–Kier alpha value is -4.57. The maximum Gasteiger partial charge on any atom is 0.478 e. The molecule has 5 heteroatoms. The lowest BCUT2D eigenvalue weighted by molar-refractivity contribution is -0.0512. The predicted octanol–water partition coefficient (Wildman–Crippen LogP) is 22.7. The van der Waals surface area contributed by atoms with Crippen molar-refractivity contribution in [1.29, 1.82) is 0 Å². The van der Waals surface area contributed by atoms with Gasteiger partial charge in [0.05, 0.1) is 0 Å². The van der Waals surface area contributed by atoms with Gasteiger partial charge < -0.3 is 0 Å². The Labute approximate surface area is 469 Å². The molecule has 0 heterocycles.